The molecule has 0 unspecified atom stereocenters. The highest BCUT2D eigenvalue weighted by Gasteiger charge is 2.19. The summed E-state index contributed by atoms with van der Waals surface area (Å²) < 4.78 is 43.0. The van der Waals surface area contributed by atoms with Gasteiger partial charge >= 0.3 is 0 Å². The highest BCUT2D eigenvalue weighted by molar-refractivity contribution is 7.89. The Morgan fingerprint density at radius 3 is 2.48 bits per heavy atom. The van der Waals surface area contributed by atoms with Gasteiger partial charge in [0.15, 0.2) is 5.76 Å². The second-order valence-electron chi connectivity index (χ2n) is 6.06. The number of fused-ring (bicyclic) bond motifs is 1. The van der Waals surface area contributed by atoms with Gasteiger partial charge in [0.1, 0.15) is 11.5 Å². The minimum atomic E-state index is -4.07. The number of sulfonamides is 1. The molecule has 9 heteroatoms. The molecule has 0 spiro atoms. The van der Waals surface area contributed by atoms with Crippen LogP contribution in [-0.2, 0) is 10.0 Å². The number of hydrogen-bond acceptors (Lipinski definition) is 5. The van der Waals surface area contributed by atoms with Gasteiger partial charge in [0, 0.05) is 5.39 Å². The molecule has 0 atom stereocenters. The van der Waals surface area contributed by atoms with E-state index in [2.05, 4.69) is 10.4 Å². The first-order chi connectivity index (χ1) is 13.9. The van der Waals surface area contributed by atoms with Crippen LogP contribution >= 0.6 is 0 Å². The largest absolute Gasteiger partial charge is 0.463 e. The van der Waals surface area contributed by atoms with E-state index in [4.69, 9.17) is 4.42 Å². The average Bonchev–Trinajstić information content (AvgIpc) is 3.26. The molecule has 0 saturated heterocycles. The minimum Gasteiger partial charge on any atom is -0.463 e. The van der Waals surface area contributed by atoms with E-state index in [-0.39, 0.29) is 10.5 Å². The second-order valence-corrected chi connectivity index (χ2v) is 7.75. The molecule has 0 aliphatic rings. The molecule has 2 aromatic heterocycles. The number of halogens is 1. The lowest BCUT2D eigenvalue weighted by Crippen LogP contribution is -2.41. The lowest BCUT2D eigenvalue weighted by Gasteiger charge is -2.11. The zero-order chi connectivity index (χ0) is 20.4. The van der Waals surface area contributed by atoms with Crippen LogP contribution < -0.4 is 10.3 Å². The van der Waals surface area contributed by atoms with Gasteiger partial charge in [0.25, 0.3) is 15.9 Å². The third-order valence-electron chi connectivity index (χ3n) is 4.16. The van der Waals surface area contributed by atoms with Crippen molar-refractivity contribution >= 4 is 26.8 Å². The summed E-state index contributed by atoms with van der Waals surface area (Å²) in [5.41, 5.74) is 3.38. The first kappa shape index (κ1) is 18.8. The number of aromatic nitrogens is 1. The molecule has 4 rings (SSSR count). The summed E-state index contributed by atoms with van der Waals surface area (Å²) in [5, 5.41) is 0.543. The van der Waals surface area contributed by atoms with Crippen LogP contribution in [0.2, 0.25) is 0 Å². The number of carbonyl (C=O) groups is 1. The summed E-state index contributed by atoms with van der Waals surface area (Å²) >= 11 is 0. The highest BCUT2D eigenvalue weighted by atomic mass is 32.2. The Bertz CT molecular complexity index is 1290. The fourth-order valence-corrected chi connectivity index (χ4v) is 3.61. The fourth-order valence-electron chi connectivity index (χ4n) is 2.77. The number of benzene rings is 2. The maximum absolute atomic E-state index is 13.0. The third kappa shape index (κ3) is 3.86. The Morgan fingerprint density at radius 1 is 1.00 bits per heavy atom. The van der Waals surface area contributed by atoms with Gasteiger partial charge in [-0.2, -0.15) is 0 Å². The predicted octanol–water partition coefficient (Wildman–Crippen LogP) is 3.26. The van der Waals surface area contributed by atoms with Crippen LogP contribution in [0.4, 0.5) is 4.39 Å². The van der Waals surface area contributed by atoms with Crippen LogP contribution in [-0.4, -0.2) is 19.3 Å². The monoisotopic (exact) mass is 411 g/mol. The summed E-state index contributed by atoms with van der Waals surface area (Å²) in [6.07, 6.45) is 1.49. The Morgan fingerprint density at radius 2 is 1.76 bits per heavy atom. The summed E-state index contributed by atoms with van der Waals surface area (Å²) in [4.78, 5) is 19.1. The van der Waals surface area contributed by atoms with E-state index in [1.807, 2.05) is 4.83 Å². The standard InChI is InChI=1S/C20H14FN3O4S/c21-13-7-9-14(10-8-13)29(26,27)24-23-20(25)16-12-18(19-6-3-11-28-19)22-17-5-2-1-4-15(16)17/h1-12,24H,(H,23,25). The Labute approximate surface area is 165 Å². The molecule has 0 saturated carbocycles. The molecule has 1 amide bonds. The van der Waals surface area contributed by atoms with Crippen molar-refractivity contribution in [2.75, 3.05) is 0 Å². The maximum atomic E-state index is 13.0. The molecule has 0 radical (unpaired) electrons. The number of amides is 1. The van der Waals surface area contributed by atoms with Crippen molar-refractivity contribution in [1.29, 1.82) is 0 Å². The van der Waals surface area contributed by atoms with Crippen LogP contribution in [0.25, 0.3) is 22.4 Å². The zero-order valence-corrected chi connectivity index (χ0v) is 15.6. The fraction of sp³-hybridized carbons (Fsp3) is 0. The number of pyridine rings is 1. The first-order valence-corrected chi connectivity index (χ1v) is 9.94. The van der Waals surface area contributed by atoms with Crippen molar-refractivity contribution in [2.24, 2.45) is 0 Å². The smallest absolute Gasteiger partial charge is 0.267 e. The van der Waals surface area contributed by atoms with Crippen molar-refractivity contribution in [3.63, 3.8) is 0 Å². The maximum Gasteiger partial charge on any atom is 0.267 e. The summed E-state index contributed by atoms with van der Waals surface area (Å²) in [5.74, 6) is -0.777. The van der Waals surface area contributed by atoms with Crippen molar-refractivity contribution in [3.05, 3.63) is 84.4 Å². The number of furan rings is 1. The van der Waals surface area contributed by atoms with E-state index in [9.17, 15) is 17.6 Å². The highest BCUT2D eigenvalue weighted by Crippen LogP contribution is 2.25. The average molecular weight is 411 g/mol. The number of nitrogens with one attached hydrogen (secondary N) is 2. The lowest BCUT2D eigenvalue weighted by atomic mass is 10.1. The van der Waals surface area contributed by atoms with Crippen LogP contribution in [0.3, 0.4) is 0 Å². The van der Waals surface area contributed by atoms with Crippen molar-refractivity contribution < 1.29 is 22.0 Å². The molecule has 2 heterocycles. The summed E-state index contributed by atoms with van der Waals surface area (Å²) in [6.45, 7) is 0. The molecular formula is C20H14FN3O4S. The van der Waals surface area contributed by atoms with Gasteiger partial charge in [-0.05, 0) is 48.5 Å². The number of rotatable bonds is 5. The van der Waals surface area contributed by atoms with Gasteiger partial charge in [0.05, 0.1) is 22.2 Å². The van der Waals surface area contributed by atoms with Gasteiger partial charge < -0.3 is 4.42 Å². The van der Waals surface area contributed by atoms with Gasteiger partial charge in [-0.1, -0.05) is 18.2 Å². The molecule has 2 aromatic carbocycles. The number of para-hydroxylation sites is 1. The van der Waals surface area contributed by atoms with Crippen LogP contribution in [0.15, 0.2) is 82.3 Å². The van der Waals surface area contributed by atoms with E-state index in [1.165, 1.54) is 12.3 Å². The molecule has 146 valence electrons. The van der Waals surface area contributed by atoms with Crippen LogP contribution in [0.5, 0.6) is 0 Å². The van der Waals surface area contributed by atoms with Gasteiger partial charge in [-0.3, -0.25) is 10.2 Å². The Kier molecular flexibility index (Phi) is 4.83. The van der Waals surface area contributed by atoms with E-state index in [0.29, 0.717) is 22.4 Å². The molecule has 2 N–H and O–H groups in total. The summed E-state index contributed by atoms with van der Waals surface area (Å²) in [7, 11) is -4.07. The topological polar surface area (TPSA) is 101 Å². The minimum absolute atomic E-state index is 0.185. The predicted molar refractivity (Wildman–Crippen MR) is 104 cm³/mol. The van der Waals surface area contributed by atoms with Gasteiger partial charge in [-0.15, -0.1) is 4.83 Å². The summed E-state index contributed by atoms with van der Waals surface area (Å²) in [6, 6.07) is 16.1. The van der Waals surface area contributed by atoms with Gasteiger partial charge in [0.2, 0.25) is 0 Å². The molecule has 0 bridgehead atoms. The normalized spacial score (nSPS) is 11.5. The van der Waals surface area contributed by atoms with E-state index in [1.54, 1.807) is 36.4 Å². The molecule has 4 aromatic rings. The van der Waals surface area contributed by atoms with Crippen molar-refractivity contribution in [2.45, 2.75) is 4.90 Å². The van der Waals surface area contributed by atoms with Crippen molar-refractivity contribution in [3.8, 4) is 11.5 Å². The Hall–Kier alpha value is -3.56. The first-order valence-electron chi connectivity index (χ1n) is 8.45. The molecule has 7 nitrogen and oxygen atoms in total. The second kappa shape index (κ2) is 7.46. The number of carbonyl (C=O) groups excluding carboxylic acids is 1. The quantitative estimate of drug-likeness (QED) is 0.491. The molecule has 0 aliphatic carbocycles. The molecular weight excluding hydrogens is 397 g/mol. The van der Waals surface area contributed by atoms with Crippen molar-refractivity contribution in [1.82, 2.24) is 15.2 Å². The molecule has 29 heavy (non-hydrogen) atoms. The number of hydrogen-bond donors (Lipinski definition) is 2. The van der Waals surface area contributed by atoms with E-state index < -0.39 is 21.7 Å². The lowest BCUT2D eigenvalue weighted by molar-refractivity contribution is 0.0946. The third-order valence-corrected chi connectivity index (χ3v) is 5.42. The van der Waals surface area contributed by atoms with Gasteiger partial charge in [-0.25, -0.2) is 17.8 Å². The number of nitrogens with zero attached hydrogens (tertiary/aromatic N) is 1. The molecule has 0 fully saturated rings. The van der Waals surface area contributed by atoms with Crippen LogP contribution in [0, 0.1) is 5.82 Å². The number of hydrazine groups is 1. The van der Waals surface area contributed by atoms with E-state index in [0.717, 1.165) is 24.3 Å². The SMILES string of the molecule is O=C(NNS(=O)(=O)c1ccc(F)cc1)c1cc(-c2ccco2)nc2ccccc12. The Balaban J connectivity index is 1.65. The molecule has 0 aliphatic heterocycles. The van der Waals surface area contributed by atoms with Crippen LogP contribution in [0.1, 0.15) is 10.4 Å². The van der Waals surface area contributed by atoms with E-state index >= 15 is 0 Å². The zero-order valence-electron chi connectivity index (χ0n) is 14.8.